The van der Waals surface area contributed by atoms with Gasteiger partial charge >= 0.3 is 5.97 Å². The molecule has 2 aliphatic rings. The SMILES string of the molecule is CC(=O)c1cccc(NC(=O)[C@H]2[C@H](C(=O)O)[C@H]3C=C[C@H]2C3)c1. The molecular formula is C17H17NO4. The third-order valence-corrected chi connectivity index (χ3v) is 4.58. The Kier molecular flexibility index (Phi) is 3.56. The molecule has 3 rings (SSSR count). The molecule has 1 aromatic carbocycles. The third kappa shape index (κ3) is 2.43. The molecule has 5 nitrogen and oxygen atoms in total. The topological polar surface area (TPSA) is 83.5 Å². The van der Waals surface area contributed by atoms with Crippen molar-refractivity contribution in [2.45, 2.75) is 13.3 Å². The fourth-order valence-corrected chi connectivity index (χ4v) is 3.56. The Bertz CT molecular complexity index is 679. The standard InChI is InChI=1S/C17H17NO4/c1-9(19)10-3-2-4-13(8-10)18-16(20)14-11-5-6-12(7-11)15(14)17(21)22/h2-6,8,11-12,14-15H,7H2,1H3,(H,18,20)(H,21,22)/t11-,12-,14+,15+/m0/s1. The number of aliphatic carboxylic acids is 1. The van der Waals surface area contributed by atoms with E-state index in [9.17, 15) is 19.5 Å². The number of anilines is 1. The van der Waals surface area contributed by atoms with Gasteiger partial charge in [-0.15, -0.1) is 0 Å². The number of carbonyl (C=O) groups is 3. The minimum Gasteiger partial charge on any atom is -0.481 e. The van der Waals surface area contributed by atoms with Crippen LogP contribution in [0.3, 0.4) is 0 Å². The second-order valence-electron chi connectivity index (χ2n) is 5.96. The van der Waals surface area contributed by atoms with Crippen LogP contribution >= 0.6 is 0 Å². The second kappa shape index (κ2) is 5.40. The first-order chi connectivity index (χ1) is 10.5. The molecule has 2 aliphatic carbocycles. The van der Waals surface area contributed by atoms with Gasteiger partial charge in [-0.1, -0.05) is 24.3 Å². The van der Waals surface area contributed by atoms with E-state index >= 15 is 0 Å². The molecule has 1 amide bonds. The van der Waals surface area contributed by atoms with Crippen molar-refractivity contribution >= 4 is 23.3 Å². The first-order valence-corrected chi connectivity index (χ1v) is 7.30. The number of carboxylic acids is 1. The molecule has 1 fully saturated rings. The Morgan fingerprint density at radius 1 is 1.14 bits per heavy atom. The van der Waals surface area contributed by atoms with Gasteiger partial charge in [0.05, 0.1) is 11.8 Å². The number of carbonyl (C=O) groups excluding carboxylic acids is 2. The maximum absolute atomic E-state index is 12.5. The molecule has 2 N–H and O–H groups in total. The summed E-state index contributed by atoms with van der Waals surface area (Å²) in [7, 11) is 0. The smallest absolute Gasteiger partial charge is 0.307 e. The molecule has 0 radical (unpaired) electrons. The van der Waals surface area contributed by atoms with Crippen molar-refractivity contribution in [1.82, 2.24) is 0 Å². The van der Waals surface area contributed by atoms with E-state index in [1.165, 1.54) is 6.92 Å². The van der Waals surface area contributed by atoms with Gasteiger partial charge in [0.1, 0.15) is 0 Å². The largest absolute Gasteiger partial charge is 0.481 e. The van der Waals surface area contributed by atoms with Gasteiger partial charge in [0.2, 0.25) is 5.91 Å². The molecule has 0 heterocycles. The van der Waals surface area contributed by atoms with Crippen LogP contribution in [0.1, 0.15) is 23.7 Å². The summed E-state index contributed by atoms with van der Waals surface area (Å²) in [5, 5.41) is 12.1. The number of hydrogen-bond acceptors (Lipinski definition) is 3. The lowest BCUT2D eigenvalue weighted by Gasteiger charge is -2.23. The zero-order valence-electron chi connectivity index (χ0n) is 12.2. The molecule has 0 spiro atoms. The van der Waals surface area contributed by atoms with Gasteiger partial charge in [-0.05, 0) is 37.3 Å². The molecule has 114 valence electrons. The van der Waals surface area contributed by atoms with Crippen molar-refractivity contribution in [1.29, 1.82) is 0 Å². The number of nitrogens with one attached hydrogen (secondary N) is 1. The predicted octanol–water partition coefficient (Wildman–Crippen LogP) is 2.35. The highest BCUT2D eigenvalue weighted by Crippen LogP contribution is 2.48. The van der Waals surface area contributed by atoms with Gasteiger partial charge in [0, 0.05) is 11.3 Å². The van der Waals surface area contributed by atoms with Crippen LogP contribution < -0.4 is 5.32 Å². The predicted molar refractivity (Wildman–Crippen MR) is 80.4 cm³/mol. The van der Waals surface area contributed by atoms with Crippen molar-refractivity contribution in [3.63, 3.8) is 0 Å². The van der Waals surface area contributed by atoms with Gasteiger partial charge in [-0.2, -0.15) is 0 Å². The fourth-order valence-electron chi connectivity index (χ4n) is 3.56. The molecule has 0 unspecified atom stereocenters. The van der Waals surface area contributed by atoms with E-state index in [1.54, 1.807) is 24.3 Å². The number of carboxylic acid groups (broad SMARTS) is 1. The highest BCUT2D eigenvalue weighted by molar-refractivity contribution is 5.99. The summed E-state index contributed by atoms with van der Waals surface area (Å²) in [6, 6.07) is 6.68. The van der Waals surface area contributed by atoms with Crippen LogP contribution in [0.5, 0.6) is 0 Å². The van der Waals surface area contributed by atoms with Crippen molar-refractivity contribution in [3.05, 3.63) is 42.0 Å². The maximum atomic E-state index is 12.5. The number of fused-ring (bicyclic) bond motifs is 2. The summed E-state index contributed by atoms with van der Waals surface area (Å²) in [4.78, 5) is 35.3. The highest BCUT2D eigenvalue weighted by Gasteiger charge is 2.51. The number of benzene rings is 1. The Balaban J connectivity index is 1.80. The van der Waals surface area contributed by atoms with E-state index in [-0.39, 0.29) is 23.5 Å². The van der Waals surface area contributed by atoms with Gasteiger partial charge < -0.3 is 10.4 Å². The van der Waals surface area contributed by atoms with E-state index < -0.39 is 17.8 Å². The summed E-state index contributed by atoms with van der Waals surface area (Å²) in [6.07, 6.45) is 4.58. The van der Waals surface area contributed by atoms with E-state index in [0.717, 1.165) is 6.42 Å². The quantitative estimate of drug-likeness (QED) is 0.660. The summed E-state index contributed by atoms with van der Waals surface area (Å²) < 4.78 is 0. The number of amides is 1. The number of Topliss-reactive ketones (excluding diaryl/α,β-unsaturated/α-hetero) is 1. The molecule has 4 atom stereocenters. The number of ketones is 1. The molecule has 22 heavy (non-hydrogen) atoms. The minimum atomic E-state index is -0.922. The lowest BCUT2D eigenvalue weighted by atomic mass is 9.82. The van der Waals surface area contributed by atoms with E-state index in [2.05, 4.69) is 5.32 Å². The summed E-state index contributed by atoms with van der Waals surface area (Å²) >= 11 is 0. The zero-order valence-corrected chi connectivity index (χ0v) is 12.2. The molecule has 0 aliphatic heterocycles. The van der Waals surface area contributed by atoms with Crippen LogP contribution in [0.2, 0.25) is 0 Å². The highest BCUT2D eigenvalue weighted by atomic mass is 16.4. The average Bonchev–Trinajstić information content (AvgIpc) is 3.07. The molecule has 0 saturated heterocycles. The van der Waals surface area contributed by atoms with Crippen molar-refractivity contribution in [2.75, 3.05) is 5.32 Å². The summed E-state index contributed by atoms with van der Waals surface area (Å²) in [5.74, 6) is -2.56. The average molecular weight is 299 g/mol. The van der Waals surface area contributed by atoms with Gasteiger partial charge in [0.15, 0.2) is 5.78 Å². The summed E-state index contributed by atoms with van der Waals surface area (Å²) in [5.41, 5.74) is 1.04. The van der Waals surface area contributed by atoms with Crippen LogP contribution in [0.25, 0.3) is 0 Å². The van der Waals surface area contributed by atoms with E-state index in [0.29, 0.717) is 11.3 Å². The second-order valence-corrected chi connectivity index (χ2v) is 5.96. The Hall–Kier alpha value is -2.43. The van der Waals surface area contributed by atoms with E-state index in [4.69, 9.17) is 0 Å². The molecular weight excluding hydrogens is 282 g/mol. The van der Waals surface area contributed by atoms with Gasteiger partial charge in [-0.3, -0.25) is 14.4 Å². The van der Waals surface area contributed by atoms with E-state index in [1.807, 2.05) is 12.2 Å². The fraction of sp³-hybridized carbons (Fsp3) is 0.353. The first kappa shape index (κ1) is 14.5. The van der Waals surface area contributed by atoms with Crippen LogP contribution in [0.4, 0.5) is 5.69 Å². The van der Waals surface area contributed by atoms with Crippen LogP contribution in [0.15, 0.2) is 36.4 Å². The van der Waals surface area contributed by atoms with Crippen molar-refractivity contribution < 1.29 is 19.5 Å². The molecule has 1 saturated carbocycles. The molecule has 5 heteroatoms. The van der Waals surface area contributed by atoms with Crippen LogP contribution in [-0.4, -0.2) is 22.8 Å². The first-order valence-electron chi connectivity index (χ1n) is 7.30. The number of allylic oxidation sites excluding steroid dienone is 2. The third-order valence-electron chi connectivity index (χ3n) is 4.58. The number of hydrogen-bond donors (Lipinski definition) is 2. The minimum absolute atomic E-state index is 0.0120. The molecule has 0 aromatic heterocycles. The van der Waals surface area contributed by atoms with Crippen molar-refractivity contribution in [2.24, 2.45) is 23.7 Å². The Labute approximate surface area is 128 Å². The summed E-state index contributed by atoms with van der Waals surface area (Å²) in [6.45, 7) is 1.46. The lowest BCUT2D eigenvalue weighted by molar-refractivity contribution is -0.146. The zero-order chi connectivity index (χ0) is 15.9. The van der Waals surface area contributed by atoms with Gasteiger partial charge in [-0.25, -0.2) is 0 Å². The van der Waals surface area contributed by atoms with Crippen LogP contribution in [0, 0.1) is 23.7 Å². The molecule has 2 bridgehead atoms. The van der Waals surface area contributed by atoms with Gasteiger partial charge in [0.25, 0.3) is 0 Å². The van der Waals surface area contributed by atoms with Crippen molar-refractivity contribution in [3.8, 4) is 0 Å². The Morgan fingerprint density at radius 3 is 2.45 bits per heavy atom. The molecule has 1 aromatic rings. The monoisotopic (exact) mass is 299 g/mol. The lowest BCUT2D eigenvalue weighted by Crippen LogP contribution is -2.36. The van der Waals surface area contributed by atoms with Crippen LogP contribution in [-0.2, 0) is 9.59 Å². The maximum Gasteiger partial charge on any atom is 0.307 e. The number of rotatable bonds is 4. The normalized spacial score (nSPS) is 28.6. The Morgan fingerprint density at radius 2 is 1.82 bits per heavy atom.